The number of aryl methyl sites for hydroxylation is 3. The largest absolute Gasteiger partial charge is 0.497 e. The van der Waals surface area contributed by atoms with Crippen LogP contribution in [0.3, 0.4) is 0 Å². The van der Waals surface area contributed by atoms with Gasteiger partial charge in [-0.1, -0.05) is 17.7 Å². The Labute approximate surface area is 165 Å². The van der Waals surface area contributed by atoms with Crippen molar-refractivity contribution < 1.29 is 23.8 Å². The van der Waals surface area contributed by atoms with Crippen molar-refractivity contribution in [2.75, 3.05) is 25.6 Å². The molecule has 0 heterocycles. The van der Waals surface area contributed by atoms with E-state index in [4.69, 9.17) is 14.2 Å². The molecule has 0 aliphatic rings. The summed E-state index contributed by atoms with van der Waals surface area (Å²) in [6.45, 7) is 5.96. The van der Waals surface area contributed by atoms with Crippen LogP contribution in [0.5, 0.6) is 11.5 Å². The molecule has 6 heteroatoms. The number of carbonyl (C=O) groups excluding carboxylic acids is 2. The highest BCUT2D eigenvalue weighted by molar-refractivity contribution is 5.94. The van der Waals surface area contributed by atoms with Gasteiger partial charge in [0.05, 0.1) is 13.7 Å². The Morgan fingerprint density at radius 2 is 1.57 bits per heavy atom. The number of anilines is 1. The van der Waals surface area contributed by atoms with Crippen molar-refractivity contribution in [3.63, 3.8) is 0 Å². The molecule has 1 amide bonds. The summed E-state index contributed by atoms with van der Waals surface area (Å²) in [6.07, 6.45) is 0.689. The van der Waals surface area contributed by atoms with Gasteiger partial charge < -0.3 is 19.5 Å². The molecule has 0 aromatic heterocycles. The predicted molar refractivity (Wildman–Crippen MR) is 108 cm³/mol. The summed E-state index contributed by atoms with van der Waals surface area (Å²) in [5.74, 6) is 0.686. The molecule has 6 nitrogen and oxygen atoms in total. The van der Waals surface area contributed by atoms with Gasteiger partial charge in [-0.15, -0.1) is 0 Å². The Balaban J connectivity index is 1.67. The first-order chi connectivity index (χ1) is 13.4. The normalized spacial score (nSPS) is 10.3. The third-order valence-corrected chi connectivity index (χ3v) is 4.16. The van der Waals surface area contributed by atoms with Gasteiger partial charge in [0.1, 0.15) is 11.5 Å². The highest BCUT2D eigenvalue weighted by atomic mass is 16.5. The number of hydrogen-bond acceptors (Lipinski definition) is 5. The van der Waals surface area contributed by atoms with Crippen molar-refractivity contribution in [2.24, 2.45) is 0 Å². The van der Waals surface area contributed by atoms with Crippen molar-refractivity contribution in [3.05, 3.63) is 53.1 Å². The summed E-state index contributed by atoms with van der Waals surface area (Å²) in [7, 11) is 1.60. The van der Waals surface area contributed by atoms with E-state index in [9.17, 15) is 9.59 Å². The minimum atomic E-state index is -0.425. The van der Waals surface area contributed by atoms with Crippen molar-refractivity contribution in [1.82, 2.24) is 0 Å². The Morgan fingerprint density at radius 3 is 2.18 bits per heavy atom. The lowest BCUT2D eigenvalue weighted by Crippen LogP contribution is -2.22. The van der Waals surface area contributed by atoms with E-state index in [0.717, 1.165) is 28.1 Å². The second-order valence-corrected chi connectivity index (χ2v) is 6.61. The van der Waals surface area contributed by atoms with Crippen LogP contribution in [0.25, 0.3) is 0 Å². The number of esters is 1. The van der Waals surface area contributed by atoms with Gasteiger partial charge in [0.15, 0.2) is 6.61 Å². The molecule has 1 N–H and O–H groups in total. The molecule has 0 saturated carbocycles. The van der Waals surface area contributed by atoms with E-state index in [1.807, 2.05) is 32.9 Å². The molecule has 0 atom stereocenters. The third-order valence-electron chi connectivity index (χ3n) is 4.16. The van der Waals surface area contributed by atoms with Crippen LogP contribution in [0.15, 0.2) is 36.4 Å². The highest BCUT2D eigenvalue weighted by Crippen LogP contribution is 2.21. The van der Waals surface area contributed by atoms with Crippen LogP contribution in [0, 0.1) is 20.8 Å². The second-order valence-electron chi connectivity index (χ2n) is 6.61. The maximum absolute atomic E-state index is 12.1. The Hall–Kier alpha value is -3.02. The molecule has 0 aliphatic carbocycles. The van der Waals surface area contributed by atoms with Crippen LogP contribution in [0.4, 0.5) is 5.69 Å². The molecule has 0 aliphatic heterocycles. The van der Waals surface area contributed by atoms with Crippen molar-refractivity contribution in [2.45, 2.75) is 33.6 Å². The van der Waals surface area contributed by atoms with E-state index in [1.54, 1.807) is 31.4 Å². The van der Waals surface area contributed by atoms with Crippen LogP contribution in [0.2, 0.25) is 0 Å². The SMILES string of the molecule is COc1ccc(OCCCC(=O)OCC(=O)Nc2c(C)cc(C)cc2C)cc1. The molecule has 2 aromatic rings. The van der Waals surface area contributed by atoms with Gasteiger partial charge >= 0.3 is 5.97 Å². The van der Waals surface area contributed by atoms with Crippen molar-refractivity contribution in [1.29, 1.82) is 0 Å². The standard InChI is InChI=1S/C22H27NO5/c1-15-12-16(2)22(17(3)13-15)23-20(24)14-28-21(25)6-5-11-27-19-9-7-18(26-4)8-10-19/h7-10,12-13H,5-6,11,14H2,1-4H3,(H,23,24). The molecule has 0 saturated heterocycles. The molecule has 0 unspecified atom stereocenters. The number of amides is 1. The van der Waals surface area contributed by atoms with Crippen LogP contribution in [-0.2, 0) is 14.3 Å². The van der Waals surface area contributed by atoms with E-state index in [1.165, 1.54) is 0 Å². The lowest BCUT2D eigenvalue weighted by atomic mass is 10.1. The summed E-state index contributed by atoms with van der Waals surface area (Å²) >= 11 is 0. The van der Waals surface area contributed by atoms with Crippen LogP contribution in [0.1, 0.15) is 29.5 Å². The number of nitrogens with one attached hydrogen (secondary N) is 1. The van der Waals surface area contributed by atoms with Gasteiger partial charge in [0, 0.05) is 12.1 Å². The average Bonchev–Trinajstić information content (AvgIpc) is 2.67. The lowest BCUT2D eigenvalue weighted by Gasteiger charge is -2.13. The fourth-order valence-corrected chi connectivity index (χ4v) is 2.85. The zero-order chi connectivity index (χ0) is 20.5. The molecule has 2 rings (SSSR count). The third kappa shape index (κ3) is 6.61. The van der Waals surface area contributed by atoms with E-state index >= 15 is 0 Å². The maximum atomic E-state index is 12.1. The molecule has 0 bridgehead atoms. The fourth-order valence-electron chi connectivity index (χ4n) is 2.85. The van der Waals surface area contributed by atoms with Gasteiger partial charge in [-0.05, 0) is 62.6 Å². The Bertz CT molecular complexity index is 791. The Morgan fingerprint density at radius 1 is 0.964 bits per heavy atom. The molecular formula is C22H27NO5. The first kappa shape index (κ1) is 21.3. The summed E-state index contributed by atoms with van der Waals surface area (Å²) in [4.78, 5) is 23.8. The zero-order valence-corrected chi connectivity index (χ0v) is 16.8. The summed E-state index contributed by atoms with van der Waals surface area (Å²) < 4.78 is 15.7. The quantitative estimate of drug-likeness (QED) is 0.522. The fraction of sp³-hybridized carbons (Fsp3) is 0.364. The average molecular weight is 385 g/mol. The van der Waals surface area contributed by atoms with E-state index < -0.39 is 5.97 Å². The first-order valence-corrected chi connectivity index (χ1v) is 9.19. The summed E-state index contributed by atoms with van der Waals surface area (Å²) in [5.41, 5.74) is 3.86. The van der Waals surface area contributed by atoms with Gasteiger partial charge in [-0.3, -0.25) is 9.59 Å². The summed E-state index contributed by atoms with van der Waals surface area (Å²) in [5, 5.41) is 2.81. The molecular weight excluding hydrogens is 358 g/mol. The molecule has 150 valence electrons. The highest BCUT2D eigenvalue weighted by Gasteiger charge is 2.11. The smallest absolute Gasteiger partial charge is 0.306 e. The van der Waals surface area contributed by atoms with Gasteiger partial charge in [-0.2, -0.15) is 0 Å². The Kier molecular flexibility index (Phi) is 7.87. The minimum absolute atomic E-state index is 0.187. The molecule has 0 fully saturated rings. The maximum Gasteiger partial charge on any atom is 0.306 e. The van der Waals surface area contributed by atoms with Crippen LogP contribution >= 0.6 is 0 Å². The number of benzene rings is 2. The summed E-state index contributed by atoms with van der Waals surface area (Å²) in [6, 6.07) is 11.2. The van der Waals surface area contributed by atoms with Gasteiger partial charge in [0.2, 0.25) is 0 Å². The molecule has 28 heavy (non-hydrogen) atoms. The van der Waals surface area contributed by atoms with E-state index in [2.05, 4.69) is 5.32 Å². The van der Waals surface area contributed by atoms with Crippen molar-refractivity contribution in [3.8, 4) is 11.5 Å². The number of methoxy groups -OCH3 is 1. The lowest BCUT2D eigenvalue weighted by molar-refractivity contribution is -0.147. The molecule has 2 aromatic carbocycles. The van der Waals surface area contributed by atoms with Crippen molar-refractivity contribution >= 4 is 17.6 Å². The number of rotatable bonds is 9. The van der Waals surface area contributed by atoms with Crippen LogP contribution < -0.4 is 14.8 Å². The predicted octanol–water partition coefficient (Wildman–Crippen LogP) is 3.96. The first-order valence-electron chi connectivity index (χ1n) is 9.19. The molecule has 0 spiro atoms. The monoisotopic (exact) mass is 385 g/mol. The number of carbonyl (C=O) groups is 2. The second kappa shape index (κ2) is 10.3. The van der Waals surface area contributed by atoms with E-state index in [0.29, 0.717) is 18.8 Å². The van der Waals surface area contributed by atoms with E-state index in [-0.39, 0.29) is 18.9 Å². The van der Waals surface area contributed by atoms with Gasteiger partial charge in [-0.25, -0.2) is 0 Å². The van der Waals surface area contributed by atoms with Gasteiger partial charge in [0.25, 0.3) is 5.91 Å². The number of hydrogen-bond donors (Lipinski definition) is 1. The topological polar surface area (TPSA) is 73.9 Å². The number of ether oxygens (including phenoxy) is 3. The van der Waals surface area contributed by atoms with Crippen LogP contribution in [-0.4, -0.2) is 32.2 Å². The minimum Gasteiger partial charge on any atom is -0.497 e. The molecule has 0 radical (unpaired) electrons. The zero-order valence-electron chi connectivity index (χ0n) is 16.8.